The Kier molecular flexibility index (Phi) is 10.3. The number of carbonyl (C=O) groups excluding carboxylic acids is 1. The van der Waals surface area contributed by atoms with E-state index in [1.54, 1.807) is 0 Å². The van der Waals surface area contributed by atoms with E-state index in [1.165, 1.54) is 44.7 Å². The van der Waals surface area contributed by atoms with Gasteiger partial charge in [0.2, 0.25) is 5.91 Å². The summed E-state index contributed by atoms with van der Waals surface area (Å²) in [5.41, 5.74) is 7.34. The summed E-state index contributed by atoms with van der Waals surface area (Å²) in [5.74, 6) is 4.41. The predicted molar refractivity (Wildman–Crippen MR) is 119 cm³/mol. The number of allylic oxidation sites excluding steroid dienone is 5. The number of hydrogen-bond acceptors (Lipinski definition) is 6. The molecule has 7 nitrogen and oxygen atoms in total. The van der Waals surface area contributed by atoms with Crippen LogP contribution in [0.25, 0.3) is 0 Å². The summed E-state index contributed by atoms with van der Waals surface area (Å²) in [6.45, 7) is 13.9. The SMILES string of the molecule is C=C(/C=C\C(=C/N)C(=C)/C(F)=C(\NN)NC(=O)C(C)(C)CCN1CCCCC1)OC. The number of carbonyl (C=O) groups is 1. The van der Waals surface area contributed by atoms with Crippen LogP contribution in [0.4, 0.5) is 4.39 Å². The van der Waals surface area contributed by atoms with Crippen molar-refractivity contribution in [1.29, 1.82) is 0 Å². The first-order valence-corrected chi connectivity index (χ1v) is 10.1. The lowest BCUT2D eigenvalue weighted by Crippen LogP contribution is -2.44. The molecule has 0 bridgehead atoms. The molecule has 0 aromatic heterocycles. The van der Waals surface area contributed by atoms with Crippen LogP contribution in [0.5, 0.6) is 0 Å². The van der Waals surface area contributed by atoms with Gasteiger partial charge in [-0.05, 0) is 56.6 Å². The quantitative estimate of drug-likeness (QED) is 0.177. The molecular weight excluding hydrogens is 385 g/mol. The zero-order valence-electron chi connectivity index (χ0n) is 18.4. The van der Waals surface area contributed by atoms with Crippen molar-refractivity contribution in [1.82, 2.24) is 15.6 Å². The summed E-state index contributed by atoms with van der Waals surface area (Å²) in [4.78, 5) is 15.1. The molecule has 0 aromatic rings. The Morgan fingerprint density at radius 2 is 1.87 bits per heavy atom. The molecule has 0 radical (unpaired) electrons. The number of rotatable bonds is 11. The monoisotopic (exact) mass is 421 g/mol. The molecule has 0 aromatic carbocycles. The topological polar surface area (TPSA) is 106 Å². The van der Waals surface area contributed by atoms with Crippen molar-refractivity contribution in [3.8, 4) is 0 Å². The third kappa shape index (κ3) is 7.68. The number of nitrogens with one attached hydrogen (secondary N) is 2. The average molecular weight is 422 g/mol. The first kappa shape index (κ1) is 25.5. The second-order valence-electron chi connectivity index (χ2n) is 7.93. The van der Waals surface area contributed by atoms with E-state index in [0.29, 0.717) is 12.2 Å². The number of likely N-dealkylation sites (tertiary alicyclic amines) is 1. The minimum absolute atomic E-state index is 0.0444. The van der Waals surface area contributed by atoms with E-state index in [0.717, 1.165) is 19.6 Å². The van der Waals surface area contributed by atoms with Crippen LogP contribution in [0.15, 0.2) is 60.1 Å². The fourth-order valence-electron chi connectivity index (χ4n) is 2.96. The summed E-state index contributed by atoms with van der Waals surface area (Å²) >= 11 is 0. The smallest absolute Gasteiger partial charge is 0.231 e. The van der Waals surface area contributed by atoms with E-state index in [2.05, 4.69) is 28.8 Å². The van der Waals surface area contributed by atoms with Gasteiger partial charge >= 0.3 is 0 Å². The molecule has 1 rings (SSSR count). The lowest BCUT2D eigenvalue weighted by Gasteiger charge is -2.31. The van der Waals surface area contributed by atoms with E-state index in [4.69, 9.17) is 16.3 Å². The Hall–Kier alpha value is -2.58. The van der Waals surface area contributed by atoms with Crippen molar-refractivity contribution in [2.24, 2.45) is 17.0 Å². The molecule has 1 fully saturated rings. The summed E-state index contributed by atoms with van der Waals surface area (Å²) < 4.78 is 19.9. The second-order valence-corrected chi connectivity index (χ2v) is 7.93. The molecule has 6 N–H and O–H groups in total. The highest BCUT2D eigenvalue weighted by Gasteiger charge is 2.30. The summed E-state index contributed by atoms with van der Waals surface area (Å²) in [6, 6.07) is 0. The number of ether oxygens (including phenoxy) is 1. The van der Waals surface area contributed by atoms with Crippen LogP contribution in [-0.2, 0) is 9.53 Å². The van der Waals surface area contributed by atoms with E-state index in [1.807, 2.05) is 13.8 Å². The Bertz CT molecular complexity index is 719. The third-order valence-electron chi connectivity index (χ3n) is 5.22. The minimum Gasteiger partial charge on any atom is -0.497 e. The predicted octanol–water partition coefficient (Wildman–Crippen LogP) is 2.72. The normalized spacial score (nSPS) is 16.8. The van der Waals surface area contributed by atoms with E-state index < -0.39 is 11.2 Å². The van der Waals surface area contributed by atoms with Gasteiger partial charge in [-0.1, -0.05) is 33.4 Å². The molecule has 0 unspecified atom stereocenters. The number of halogens is 1. The van der Waals surface area contributed by atoms with Crippen LogP contribution in [0.3, 0.4) is 0 Å². The molecule has 8 heteroatoms. The molecule has 1 aliphatic heterocycles. The maximum absolute atomic E-state index is 15.0. The van der Waals surface area contributed by atoms with Gasteiger partial charge in [0.25, 0.3) is 0 Å². The fraction of sp³-hybridized carbons (Fsp3) is 0.500. The number of methoxy groups -OCH3 is 1. The minimum atomic E-state index is -0.818. The molecule has 0 atom stereocenters. The van der Waals surface area contributed by atoms with Crippen LogP contribution in [0.2, 0.25) is 0 Å². The first-order chi connectivity index (χ1) is 14.2. The standard InChI is InChI=1S/C22H36FN5O2/c1-16(30-5)9-10-18(15-24)17(2)19(23)20(27-25)26-21(29)22(3,4)11-14-28-12-7-6-8-13-28/h9-10,15,27H,1-2,6-8,11-14,24-25H2,3-5H3,(H,26,29)/b10-9-,18-15+,20-19+. The van der Waals surface area contributed by atoms with Gasteiger partial charge in [0.1, 0.15) is 5.76 Å². The number of piperidine rings is 1. The lowest BCUT2D eigenvalue weighted by molar-refractivity contribution is -0.129. The van der Waals surface area contributed by atoms with Crippen molar-refractivity contribution in [3.63, 3.8) is 0 Å². The molecule has 30 heavy (non-hydrogen) atoms. The molecular formula is C22H36FN5O2. The summed E-state index contributed by atoms with van der Waals surface area (Å²) in [5, 5.41) is 2.55. The Morgan fingerprint density at radius 3 is 2.40 bits per heavy atom. The van der Waals surface area contributed by atoms with Crippen LogP contribution in [-0.4, -0.2) is 37.6 Å². The van der Waals surface area contributed by atoms with Crippen LogP contribution < -0.4 is 22.3 Å². The number of nitrogens with two attached hydrogens (primary N) is 2. The molecule has 1 aliphatic rings. The van der Waals surface area contributed by atoms with E-state index in [-0.39, 0.29) is 22.9 Å². The van der Waals surface area contributed by atoms with Crippen molar-refractivity contribution < 1.29 is 13.9 Å². The Morgan fingerprint density at radius 1 is 1.23 bits per heavy atom. The first-order valence-electron chi connectivity index (χ1n) is 10.1. The van der Waals surface area contributed by atoms with Gasteiger partial charge < -0.3 is 26.1 Å². The van der Waals surface area contributed by atoms with Crippen molar-refractivity contribution >= 4 is 5.91 Å². The van der Waals surface area contributed by atoms with Gasteiger partial charge in [0, 0.05) is 17.2 Å². The maximum Gasteiger partial charge on any atom is 0.231 e. The van der Waals surface area contributed by atoms with Crippen molar-refractivity contribution in [2.75, 3.05) is 26.7 Å². The van der Waals surface area contributed by atoms with Gasteiger partial charge in [-0.25, -0.2) is 10.2 Å². The Balaban J connectivity index is 2.85. The van der Waals surface area contributed by atoms with Crippen LogP contribution >= 0.6 is 0 Å². The highest BCUT2D eigenvalue weighted by molar-refractivity contribution is 5.83. The average Bonchev–Trinajstić information content (AvgIpc) is 2.76. The summed E-state index contributed by atoms with van der Waals surface area (Å²) in [7, 11) is 1.47. The molecule has 168 valence electrons. The van der Waals surface area contributed by atoms with Gasteiger partial charge in [-0.3, -0.25) is 4.79 Å². The van der Waals surface area contributed by atoms with Gasteiger partial charge in [0.05, 0.1) is 7.11 Å². The highest BCUT2D eigenvalue weighted by atomic mass is 19.1. The van der Waals surface area contributed by atoms with Crippen molar-refractivity contribution in [2.45, 2.75) is 39.5 Å². The van der Waals surface area contributed by atoms with Crippen LogP contribution in [0, 0.1) is 5.41 Å². The molecule has 0 saturated carbocycles. The van der Waals surface area contributed by atoms with Crippen molar-refractivity contribution in [3.05, 3.63) is 60.1 Å². The molecule has 1 saturated heterocycles. The van der Waals surface area contributed by atoms with Gasteiger partial charge in [0.15, 0.2) is 11.6 Å². The van der Waals surface area contributed by atoms with Crippen LogP contribution in [0.1, 0.15) is 39.5 Å². The molecule has 0 spiro atoms. The molecule has 1 heterocycles. The lowest BCUT2D eigenvalue weighted by atomic mass is 9.87. The largest absolute Gasteiger partial charge is 0.497 e. The zero-order valence-corrected chi connectivity index (χ0v) is 18.4. The van der Waals surface area contributed by atoms with E-state index in [9.17, 15) is 9.18 Å². The van der Waals surface area contributed by atoms with E-state index >= 15 is 0 Å². The second kappa shape index (κ2) is 12.2. The van der Waals surface area contributed by atoms with Gasteiger partial charge in [-0.15, -0.1) is 0 Å². The number of hydrazine groups is 1. The maximum atomic E-state index is 15.0. The number of nitrogens with zero attached hydrogens (tertiary/aromatic N) is 1. The zero-order chi connectivity index (χ0) is 22.7. The summed E-state index contributed by atoms with van der Waals surface area (Å²) in [6.07, 6.45) is 8.50. The van der Waals surface area contributed by atoms with Gasteiger partial charge in [-0.2, -0.15) is 0 Å². The third-order valence-corrected chi connectivity index (χ3v) is 5.22. The fourth-order valence-corrected chi connectivity index (χ4v) is 2.96. The number of amides is 1. The molecule has 0 aliphatic carbocycles. The Labute approximate surface area is 179 Å². The molecule has 1 amide bonds. The number of hydrogen-bond donors (Lipinski definition) is 4. The highest BCUT2D eigenvalue weighted by Crippen LogP contribution is 2.25.